The van der Waals surface area contributed by atoms with Crippen LogP contribution in [0.4, 0.5) is 0 Å². The van der Waals surface area contributed by atoms with Gasteiger partial charge in [0, 0.05) is 0 Å². The Bertz CT molecular complexity index is 215. The van der Waals surface area contributed by atoms with E-state index < -0.39 is 19.1 Å². The van der Waals surface area contributed by atoms with Crippen molar-refractivity contribution in [2.75, 3.05) is 0 Å². The minimum atomic E-state index is -3.66. The molecule has 0 fully saturated rings. The van der Waals surface area contributed by atoms with Gasteiger partial charge in [-0.3, -0.25) is 14.9 Å². The van der Waals surface area contributed by atoms with Crippen molar-refractivity contribution in [3.05, 3.63) is 0 Å². The molecule has 0 aromatic heterocycles. The fraction of sp³-hybridized carbons (Fsp3) is 0.833. The van der Waals surface area contributed by atoms with Crippen LogP contribution in [-0.2, 0) is 13.9 Å². The molecular weight excluding hydrogens is 179 g/mol. The van der Waals surface area contributed by atoms with Crippen molar-refractivity contribution >= 4 is 13.0 Å². The summed E-state index contributed by atoms with van der Waals surface area (Å²) in [6.07, 6.45) is -0.344. The first kappa shape index (κ1) is 11.8. The lowest BCUT2D eigenvalue weighted by molar-refractivity contribution is -0.113. The Labute approximate surface area is 72.0 Å². The summed E-state index contributed by atoms with van der Waals surface area (Å²) in [5.41, 5.74) is 9.66. The Morgan fingerprint density at radius 1 is 1.42 bits per heavy atom. The summed E-state index contributed by atoms with van der Waals surface area (Å²) >= 11 is 0. The maximum Gasteiger partial charge on any atom is 0.334 e. The number of hydrogen-bond acceptors (Lipinski definition) is 4. The first-order valence-electron chi connectivity index (χ1n) is 3.64. The molecular formula is C6H15N2O3P. The van der Waals surface area contributed by atoms with E-state index in [1.807, 2.05) is 0 Å². The molecule has 0 heterocycles. The van der Waals surface area contributed by atoms with Crippen LogP contribution in [0.3, 0.4) is 0 Å². The Kier molecular flexibility index (Phi) is 4.06. The van der Waals surface area contributed by atoms with E-state index in [1.165, 1.54) is 6.92 Å². The molecule has 0 aromatic carbocycles. The number of nitrogens with two attached hydrogens (primary N) is 2. The molecule has 0 aliphatic carbocycles. The number of carbonyl (C=O) groups is 1. The van der Waals surface area contributed by atoms with Gasteiger partial charge in [-0.25, -0.2) is 0 Å². The third-order valence-electron chi connectivity index (χ3n) is 1.06. The van der Waals surface area contributed by atoms with Crippen LogP contribution in [0.5, 0.6) is 0 Å². The van der Waals surface area contributed by atoms with E-state index in [0.717, 1.165) is 0 Å². The van der Waals surface area contributed by atoms with E-state index in [4.69, 9.17) is 15.8 Å². The number of rotatable bonds is 4. The van der Waals surface area contributed by atoms with Crippen LogP contribution in [0, 0.1) is 0 Å². The zero-order valence-electron chi connectivity index (χ0n) is 7.48. The van der Waals surface area contributed by atoms with Crippen LogP contribution in [0.15, 0.2) is 0 Å². The highest BCUT2D eigenvalue weighted by molar-refractivity contribution is 7.74. The van der Waals surface area contributed by atoms with Crippen LogP contribution in [0.2, 0.25) is 0 Å². The lowest BCUT2D eigenvalue weighted by Crippen LogP contribution is -2.30. The zero-order chi connectivity index (χ0) is 9.94. The summed E-state index contributed by atoms with van der Waals surface area (Å²) < 4.78 is 16.1. The normalized spacial score (nSPS) is 18.8. The molecule has 0 amide bonds. The minimum absolute atomic E-state index is 0.344. The second-order valence-corrected chi connectivity index (χ2v) is 4.72. The molecule has 0 aliphatic rings. The lowest BCUT2D eigenvalue weighted by atomic mass is 10.4. The van der Waals surface area contributed by atoms with E-state index in [0.29, 0.717) is 0 Å². The van der Waals surface area contributed by atoms with Crippen molar-refractivity contribution in [1.82, 2.24) is 0 Å². The van der Waals surface area contributed by atoms with Crippen LogP contribution in [-0.4, -0.2) is 17.7 Å². The molecule has 2 atom stereocenters. The van der Waals surface area contributed by atoms with Gasteiger partial charge in [0.25, 0.3) is 0 Å². The summed E-state index contributed by atoms with van der Waals surface area (Å²) in [7, 11) is -3.66. The standard InChI is InChI=1S/C6H15N2O3P/c1-4(2)11-12(8,10)6(9)5(3)7/h4-5H,7H2,1-3H3,(H2,8,10)/t5-,12?/m0/s1. The van der Waals surface area contributed by atoms with Crippen molar-refractivity contribution in [1.29, 1.82) is 0 Å². The molecule has 6 heteroatoms. The van der Waals surface area contributed by atoms with Crippen LogP contribution >= 0.6 is 7.52 Å². The third kappa shape index (κ3) is 3.45. The van der Waals surface area contributed by atoms with Gasteiger partial charge in [-0.15, -0.1) is 0 Å². The quantitative estimate of drug-likeness (QED) is 0.633. The van der Waals surface area contributed by atoms with Crippen LogP contribution in [0.25, 0.3) is 0 Å². The summed E-state index contributed by atoms with van der Waals surface area (Å²) in [4.78, 5) is 11.1. The fourth-order valence-corrected chi connectivity index (χ4v) is 1.95. The van der Waals surface area contributed by atoms with Gasteiger partial charge >= 0.3 is 7.52 Å². The van der Waals surface area contributed by atoms with Crippen LogP contribution < -0.4 is 11.2 Å². The van der Waals surface area contributed by atoms with E-state index >= 15 is 0 Å². The smallest absolute Gasteiger partial charge is 0.321 e. The summed E-state index contributed by atoms with van der Waals surface area (Å²) in [5.74, 6) is 0. The van der Waals surface area contributed by atoms with Gasteiger partial charge in [-0.05, 0) is 20.8 Å². The van der Waals surface area contributed by atoms with Crippen molar-refractivity contribution in [3.63, 3.8) is 0 Å². The van der Waals surface area contributed by atoms with Gasteiger partial charge in [0.1, 0.15) is 0 Å². The predicted octanol–water partition coefficient (Wildman–Crippen LogP) is 0.437. The molecule has 0 saturated heterocycles. The van der Waals surface area contributed by atoms with Gasteiger partial charge in [0.05, 0.1) is 12.1 Å². The molecule has 0 spiro atoms. The highest BCUT2D eigenvalue weighted by Gasteiger charge is 2.31. The minimum Gasteiger partial charge on any atom is -0.321 e. The molecule has 0 saturated carbocycles. The Hall–Kier alpha value is -0.220. The largest absolute Gasteiger partial charge is 0.334 e. The van der Waals surface area contributed by atoms with Crippen molar-refractivity contribution < 1.29 is 13.9 Å². The highest BCUT2D eigenvalue weighted by atomic mass is 31.2. The van der Waals surface area contributed by atoms with Gasteiger partial charge in [0.15, 0.2) is 0 Å². The number of carbonyl (C=O) groups excluding carboxylic acids is 1. The molecule has 0 aliphatic heterocycles. The maximum atomic E-state index is 11.3. The molecule has 0 radical (unpaired) electrons. The molecule has 0 rings (SSSR count). The first-order chi connectivity index (χ1) is 5.27. The maximum absolute atomic E-state index is 11.3. The van der Waals surface area contributed by atoms with E-state index in [1.54, 1.807) is 13.8 Å². The van der Waals surface area contributed by atoms with Gasteiger partial charge < -0.3 is 10.3 Å². The SMILES string of the molecule is CC(C)OP(N)(=O)C(=O)[C@H](C)N. The average Bonchev–Trinajstić information content (AvgIpc) is 1.82. The molecule has 0 bridgehead atoms. The van der Waals surface area contributed by atoms with Crippen molar-refractivity contribution in [3.8, 4) is 0 Å². The molecule has 1 unspecified atom stereocenters. The highest BCUT2D eigenvalue weighted by Crippen LogP contribution is 2.40. The third-order valence-corrected chi connectivity index (χ3v) is 2.82. The second-order valence-electron chi connectivity index (χ2n) is 2.88. The van der Waals surface area contributed by atoms with E-state index in [9.17, 15) is 9.36 Å². The fourth-order valence-electron chi connectivity index (χ4n) is 0.649. The first-order valence-corrected chi connectivity index (χ1v) is 5.33. The monoisotopic (exact) mass is 194 g/mol. The molecule has 0 aromatic rings. The Morgan fingerprint density at radius 3 is 2.08 bits per heavy atom. The number of hydrogen-bond donors (Lipinski definition) is 2. The molecule has 4 N–H and O–H groups in total. The van der Waals surface area contributed by atoms with Crippen molar-refractivity contribution in [2.24, 2.45) is 11.2 Å². The average molecular weight is 194 g/mol. The van der Waals surface area contributed by atoms with E-state index in [-0.39, 0.29) is 6.10 Å². The molecule has 5 nitrogen and oxygen atoms in total. The van der Waals surface area contributed by atoms with Crippen LogP contribution in [0.1, 0.15) is 20.8 Å². The van der Waals surface area contributed by atoms with Gasteiger partial charge in [0.2, 0.25) is 5.52 Å². The summed E-state index contributed by atoms with van der Waals surface area (Å²) in [5, 5.41) is 0. The van der Waals surface area contributed by atoms with E-state index in [2.05, 4.69) is 0 Å². The van der Waals surface area contributed by atoms with Crippen molar-refractivity contribution in [2.45, 2.75) is 32.9 Å². The summed E-state index contributed by atoms with van der Waals surface area (Å²) in [6.45, 7) is 4.72. The molecule has 12 heavy (non-hydrogen) atoms. The topological polar surface area (TPSA) is 95.4 Å². The zero-order valence-corrected chi connectivity index (χ0v) is 8.38. The Morgan fingerprint density at radius 2 is 1.83 bits per heavy atom. The molecule has 72 valence electrons. The summed E-state index contributed by atoms with van der Waals surface area (Å²) in [6, 6.07) is -0.848. The Balaban J connectivity index is 4.41. The second kappa shape index (κ2) is 4.14. The van der Waals surface area contributed by atoms with Gasteiger partial charge in [-0.1, -0.05) is 0 Å². The predicted molar refractivity (Wildman–Crippen MR) is 46.7 cm³/mol. The lowest BCUT2D eigenvalue weighted by Gasteiger charge is -2.16. The van der Waals surface area contributed by atoms with Gasteiger partial charge in [-0.2, -0.15) is 0 Å².